The van der Waals surface area contributed by atoms with Gasteiger partial charge in [0.2, 0.25) is 17.0 Å². The Balaban J connectivity index is 1.50. The number of anilines is 1. The average molecular weight is 557 g/mol. The number of benzene rings is 2. The summed E-state index contributed by atoms with van der Waals surface area (Å²) in [7, 11) is 0. The van der Waals surface area contributed by atoms with Gasteiger partial charge in [-0.2, -0.15) is 9.37 Å². The van der Waals surface area contributed by atoms with Crippen LogP contribution in [0.3, 0.4) is 0 Å². The van der Waals surface area contributed by atoms with Gasteiger partial charge in [0.1, 0.15) is 6.54 Å². The first-order valence-corrected chi connectivity index (χ1v) is 12.6. The van der Waals surface area contributed by atoms with Crippen molar-refractivity contribution in [2.45, 2.75) is 20.8 Å². The van der Waals surface area contributed by atoms with E-state index in [4.69, 9.17) is 21.1 Å². The van der Waals surface area contributed by atoms with E-state index in [2.05, 4.69) is 15.3 Å². The zero-order chi connectivity index (χ0) is 27.4. The average Bonchev–Trinajstić information content (AvgIpc) is 3.12. The molecule has 1 aromatic heterocycles. The summed E-state index contributed by atoms with van der Waals surface area (Å²) < 4.78 is 25.2. The molecule has 1 N–H and O–H groups in total. The number of aryl methyl sites for hydroxylation is 2. The van der Waals surface area contributed by atoms with Crippen LogP contribution in [0.2, 0.25) is 5.28 Å². The van der Waals surface area contributed by atoms with Gasteiger partial charge in [-0.05, 0) is 79.5 Å². The molecule has 2 aromatic carbocycles. The minimum absolute atomic E-state index is 0.138. The number of nitrogens with zero attached hydrogens (tertiary/aromatic N) is 3. The Labute approximate surface area is 227 Å². The largest absolute Gasteiger partial charge is 0.490 e. The Morgan fingerprint density at radius 1 is 1.18 bits per heavy atom. The van der Waals surface area contributed by atoms with Gasteiger partial charge < -0.3 is 14.8 Å². The lowest BCUT2D eigenvalue weighted by Crippen LogP contribution is -2.36. The summed E-state index contributed by atoms with van der Waals surface area (Å²) >= 11 is 6.45. The summed E-state index contributed by atoms with van der Waals surface area (Å²) in [4.78, 5) is 46.3. The molecule has 0 bridgehead atoms. The van der Waals surface area contributed by atoms with Crippen LogP contribution < -0.4 is 14.8 Å². The van der Waals surface area contributed by atoms with Crippen LogP contribution in [0.1, 0.15) is 23.6 Å². The van der Waals surface area contributed by atoms with Crippen molar-refractivity contribution in [3.63, 3.8) is 0 Å². The molecular weight excluding hydrogens is 535 g/mol. The third kappa shape index (κ3) is 6.29. The molecule has 9 nitrogen and oxygen atoms in total. The molecule has 0 spiro atoms. The summed E-state index contributed by atoms with van der Waals surface area (Å²) in [5.41, 5.74) is 3.05. The van der Waals surface area contributed by atoms with E-state index in [1.165, 1.54) is 12.1 Å². The number of carbonyl (C=O) groups excluding carboxylic acids is 3. The highest BCUT2D eigenvalue weighted by Crippen LogP contribution is 2.36. The SMILES string of the molecule is CCOc1cc(/C=C2/SC(=O)N(CC(=O)Nc3ccc(C)cc3C)C2=O)ccc1Oc1nc(Cl)ncc1F. The van der Waals surface area contributed by atoms with Crippen molar-refractivity contribution in [2.24, 2.45) is 0 Å². The molecule has 1 fully saturated rings. The Kier molecular flexibility index (Phi) is 8.28. The van der Waals surface area contributed by atoms with Crippen LogP contribution in [0.4, 0.5) is 14.9 Å². The zero-order valence-corrected chi connectivity index (χ0v) is 22.2. The molecule has 1 aliphatic rings. The second kappa shape index (κ2) is 11.6. The van der Waals surface area contributed by atoms with Gasteiger partial charge in [0.05, 0.1) is 17.7 Å². The van der Waals surface area contributed by atoms with Crippen LogP contribution in [0.15, 0.2) is 47.5 Å². The normalized spacial score (nSPS) is 14.2. The topological polar surface area (TPSA) is 111 Å². The third-order valence-electron chi connectivity index (χ3n) is 5.29. The minimum Gasteiger partial charge on any atom is -0.490 e. The number of carbonyl (C=O) groups is 3. The number of nitrogens with one attached hydrogen (secondary N) is 1. The number of halogens is 2. The first-order chi connectivity index (χ1) is 18.1. The maximum absolute atomic E-state index is 14.0. The van der Waals surface area contributed by atoms with Gasteiger partial charge in [-0.15, -0.1) is 0 Å². The molecule has 3 amide bonds. The predicted molar refractivity (Wildman–Crippen MR) is 142 cm³/mol. The quantitative estimate of drug-likeness (QED) is 0.276. The number of ether oxygens (including phenoxy) is 2. The molecule has 196 valence electrons. The lowest BCUT2D eigenvalue weighted by Gasteiger charge is -2.14. The van der Waals surface area contributed by atoms with E-state index in [1.54, 1.807) is 25.1 Å². The summed E-state index contributed by atoms with van der Waals surface area (Å²) in [6.07, 6.45) is 2.39. The van der Waals surface area contributed by atoms with Crippen molar-refractivity contribution in [2.75, 3.05) is 18.5 Å². The standard InChI is InChI=1S/C26H22ClFN4O5S/c1-4-36-20-10-16(6-8-19(20)37-23-17(28)12-29-25(27)31-23)11-21-24(34)32(26(35)38-21)13-22(33)30-18-7-5-14(2)9-15(18)3/h5-12H,4,13H2,1-3H3,(H,30,33)/b21-11+. The number of hydrogen-bond acceptors (Lipinski definition) is 8. The molecule has 0 atom stereocenters. The lowest BCUT2D eigenvalue weighted by molar-refractivity contribution is -0.127. The second-order valence-electron chi connectivity index (χ2n) is 8.17. The van der Waals surface area contributed by atoms with Gasteiger partial charge in [-0.3, -0.25) is 19.3 Å². The molecular formula is C26H22ClFN4O5S. The highest BCUT2D eigenvalue weighted by Gasteiger charge is 2.36. The maximum atomic E-state index is 14.0. The highest BCUT2D eigenvalue weighted by atomic mass is 35.5. The van der Waals surface area contributed by atoms with Crippen molar-refractivity contribution < 1.29 is 28.2 Å². The summed E-state index contributed by atoms with van der Waals surface area (Å²) in [5.74, 6) is -1.85. The Bertz CT molecular complexity index is 1470. The number of amides is 3. The number of rotatable bonds is 8. The van der Waals surface area contributed by atoms with Gasteiger partial charge in [0.25, 0.3) is 17.0 Å². The predicted octanol–water partition coefficient (Wildman–Crippen LogP) is 5.75. The Hall–Kier alpha value is -3.96. The molecule has 4 rings (SSSR count). The van der Waals surface area contributed by atoms with Crippen molar-refractivity contribution in [3.05, 3.63) is 75.3 Å². The van der Waals surface area contributed by atoms with Gasteiger partial charge >= 0.3 is 0 Å². The molecule has 1 aliphatic heterocycles. The van der Waals surface area contributed by atoms with Crippen LogP contribution >= 0.6 is 23.4 Å². The van der Waals surface area contributed by atoms with Crippen LogP contribution in [-0.2, 0) is 9.59 Å². The molecule has 38 heavy (non-hydrogen) atoms. The fourth-order valence-corrected chi connectivity index (χ4v) is 4.51. The van der Waals surface area contributed by atoms with E-state index in [0.29, 0.717) is 11.3 Å². The molecule has 2 heterocycles. The van der Waals surface area contributed by atoms with E-state index in [9.17, 15) is 18.8 Å². The summed E-state index contributed by atoms with van der Waals surface area (Å²) in [5, 5.41) is 1.99. The van der Waals surface area contributed by atoms with Crippen molar-refractivity contribution in [1.82, 2.24) is 14.9 Å². The number of hydrogen-bond donors (Lipinski definition) is 1. The fourth-order valence-electron chi connectivity index (χ4n) is 3.55. The van der Waals surface area contributed by atoms with Crippen LogP contribution in [0.5, 0.6) is 17.4 Å². The monoisotopic (exact) mass is 556 g/mol. The second-order valence-corrected chi connectivity index (χ2v) is 9.50. The van der Waals surface area contributed by atoms with E-state index in [1.807, 2.05) is 26.0 Å². The Morgan fingerprint density at radius 2 is 1.97 bits per heavy atom. The van der Waals surface area contributed by atoms with E-state index in [0.717, 1.165) is 34.0 Å². The lowest BCUT2D eigenvalue weighted by atomic mass is 10.1. The number of imide groups is 1. The zero-order valence-electron chi connectivity index (χ0n) is 20.6. The van der Waals surface area contributed by atoms with Gasteiger partial charge in [0, 0.05) is 5.69 Å². The third-order valence-corrected chi connectivity index (χ3v) is 6.38. The van der Waals surface area contributed by atoms with E-state index >= 15 is 0 Å². The minimum atomic E-state index is -0.809. The summed E-state index contributed by atoms with van der Waals surface area (Å²) in [6, 6.07) is 10.2. The molecule has 0 saturated carbocycles. The van der Waals surface area contributed by atoms with Crippen molar-refractivity contribution >= 4 is 52.2 Å². The van der Waals surface area contributed by atoms with Gasteiger partial charge in [-0.25, -0.2) is 4.98 Å². The van der Waals surface area contributed by atoms with Crippen LogP contribution in [-0.4, -0.2) is 45.1 Å². The molecule has 0 aliphatic carbocycles. The van der Waals surface area contributed by atoms with Gasteiger partial charge in [0.15, 0.2) is 11.5 Å². The van der Waals surface area contributed by atoms with Crippen LogP contribution in [0.25, 0.3) is 6.08 Å². The fraction of sp³-hybridized carbons (Fsp3) is 0.192. The Morgan fingerprint density at radius 3 is 2.71 bits per heavy atom. The summed E-state index contributed by atoms with van der Waals surface area (Å²) in [6.45, 7) is 5.42. The van der Waals surface area contributed by atoms with Crippen LogP contribution in [0, 0.1) is 19.7 Å². The molecule has 12 heteroatoms. The first kappa shape index (κ1) is 27.1. The molecule has 0 unspecified atom stereocenters. The smallest absolute Gasteiger partial charge is 0.294 e. The van der Waals surface area contributed by atoms with Gasteiger partial charge in [-0.1, -0.05) is 23.8 Å². The van der Waals surface area contributed by atoms with Crippen molar-refractivity contribution in [3.8, 4) is 17.4 Å². The van der Waals surface area contributed by atoms with E-state index < -0.39 is 29.4 Å². The molecule has 1 saturated heterocycles. The molecule has 3 aromatic rings. The maximum Gasteiger partial charge on any atom is 0.294 e. The molecule has 0 radical (unpaired) electrons. The number of thioether (sulfide) groups is 1. The number of aromatic nitrogens is 2. The highest BCUT2D eigenvalue weighted by molar-refractivity contribution is 8.18. The van der Waals surface area contributed by atoms with Crippen molar-refractivity contribution in [1.29, 1.82) is 0 Å². The first-order valence-electron chi connectivity index (χ1n) is 11.4. The van der Waals surface area contributed by atoms with E-state index in [-0.39, 0.29) is 34.2 Å².